The highest BCUT2D eigenvalue weighted by Crippen LogP contribution is 2.19. The van der Waals surface area contributed by atoms with Crippen LogP contribution in [0.2, 0.25) is 0 Å². The van der Waals surface area contributed by atoms with Crippen LogP contribution in [0, 0.1) is 0 Å². The van der Waals surface area contributed by atoms with E-state index >= 15 is 0 Å². The Labute approximate surface area is 95.8 Å². The number of carbonyl (C=O) groups excluding carboxylic acids is 1. The third-order valence-electron chi connectivity index (χ3n) is 2.52. The van der Waals surface area contributed by atoms with Crippen LogP contribution in [-0.2, 0) is 4.74 Å². The molecule has 0 aromatic heterocycles. The first-order valence-corrected chi connectivity index (χ1v) is 5.65. The van der Waals surface area contributed by atoms with Gasteiger partial charge >= 0.3 is 6.09 Å². The van der Waals surface area contributed by atoms with Gasteiger partial charge in [0.15, 0.2) is 0 Å². The summed E-state index contributed by atoms with van der Waals surface area (Å²) in [5.41, 5.74) is -0.553. The van der Waals surface area contributed by atoms with Crippen molar-refractivity contribution in [1.29, 1.82) is 0 Å². The molecule has 0 radical (unpaired) electrons. The molecule has 1 amide bonds. The fourth-order valence-corrected chi connectivity index (χ4v) is 1.77. The summed E-state index contributed by atoms with van der Waals surface area (Å²) in [6, 6.07) is -0.418. The van der Waals surface area contributed by atoms with Crippen molar-refractivity contribution in [1.82, 2.24) is 5.32 Å². The van der Waals surface area contributed by atoms with E-state index in [0.29, 0.717) is 12.8 Å². The van der Waals surface area contributed by atoms with E-state index in [2.05, 4.69) is 5.32 Å². The third kappa shape index (κ3) is 3.98. The molecule has 3 atom stereocenters. The number of aliphatic hydroxyl groups excluding tert-OH is 2. The molecule has 5 nitrogen and oxygen atoms in total. The van der Waals surface area contributed by atoms with Crippen molar-refractivity contribution in [3.63, 3.8) is 0 Å². The number of nitrogens with one attached hydrogen (secondary N) is 1. The second-order valence-electron chi connectivity index (χ2n) is 5.24. The Morgan fingerprint density at radius 3 is 2.50 bits per heavy atom. The van der Waals surface area contributed by atoms with Gasteiger partial charge in [-0.3, -0.25) is 0 Å². The molecule has 0 saturated heterocycles. The first-order valence-electron chi connectivity index (χ1n) is 5.65. The number of ether oxygens (including phenoxy) is 1. The summed E-state index contributed by atoms with van der Waals surface area (Å²) in [4.78, 5) is 11.5. The summed E-state index contributed by atoms with van der Waals surface area (Å²) in [5, 5.41) is 21.7. The van der Waals surface area contributed by atoms with Crippen LogP contribution >= 0.6 is 0 Å². The molecule has 1 rings (SSSR count). The second kappa shape index (κ2) is 5.01. The molecule has 16 heavy (non-hydrogen) atoms. The van der Waals surface area contributed by atoms with Crippen LogP contribution in [0.4, 0.5) is 4.79 Å². The van der Waals surface area contributed by atoms with Crippen molar-refractivity contribution in [3.05, 3.63) is 0 Å². The van der Waals surface area contributed by atoms with E-state index in [1.54, 1.807) is 20.8 Å². The maximum Gasteiger partial charge on any atom is 0.407 e. The predicted molar refractivity (Wildman–Crippen MR) is 59.0 cm³/mol. The molecule has 0 aromatic rings. The summed E-state index contributed by atoms with van der Waals surface area (Å²) in [6.45, 7) is 5.33. The summed E-state index contributed by atoms with van der Waals surface area (Å²) < 4.78 is 5.08. The van der Waals surface area contributed by atoms with Crippen LogP contribution in [-0.4, -0.2) is 40.2 Å². The minimum atomic E-state index is -0.902. The Bertz CT molecular complexity index is 249. The van der Waals surface area contributed by atoms with Gasteiger partial charge in [0.05, 0.1) is 12.1 Å². The van der Waals surface area contributed by atoms with Gasteiger partial charge in [-0.1, -0.05) is 0 Å². The van der Waals surface area contributed by atoms with E-state index in [1.165, 1.54) is 0 Å². The summed E-state index contributed by atoms with van der Waals surface area (Å²) >= 11 is 0. The van der Waals surface area contributed by atoms with Gasteiger partial charge in [0.1, 0.15) is 11.7 Å². The Morgan fingerprint density at radius 1 is 1.31 bits per heavy atom. The molecule has 1 fully saturated rings. The maximum atomic E-state index is 11.5. The topological polar surface area (TPSA) is 78.8 Å². The predicted octanol–water partition coefficient (Wildman–Crippen LogP) is 0.785. The lowest BCUT2D eigenvalue weighted by atomic mass is 9.90. The van der Waals surface area contributed by atoms with Gasteiger partial charge in [-0.15, -0.1) is 0 Å². The van der Waals surface area contributed by atoms with Crippen LogP contribution < -0.4 is 5.32 Å². The SMILES string of the molecule is CC(C)(C)OC(=O)N[C@H]1CCC[C@H](O)[C@@H]1O. The average Bonchev–Trinajstić information content (AvgIpc) is 2.09. The van der Waals surface area contributed by atoms with Crippen molar-refractivity contribution in [2.45, 2.75) is 63.9 Å². The molecule has 0 spiro atoms. The largest absolute Gasteiger partial charge is 0.444 e. The van der Waals surface area contributed by atoms with Gasteiger partial charge in [0, 0.05) is 0 Å². The highest BCUT2D eigenvalue weighted by molar-refractivity contribution is 5.68. The first-order chi connectivity index (χ1) is 7.29. The Kier molecular flexibility index (Phi) is 4.15. The minimum absolute atomic E-state index is 0.418. The van der Waals surface area contributed by atoms with Crippen LogP contribution in [0.25, 0.3) is 0 Å². The van der Waals surface area contributed by atoms with Gasteiger partial charge in [-0.05, 0) is 40.0 Å². The van der Waals surface area contributed by atoms with Gasteiger partial charge in [-0.25, -0.2) is 4.79 Å². The Hall–Kier alpha value is -0.810. The molecule has 0 aliphatic heterocycles. The molecule has 3 N–H and O–H groups in total. The van der Waals surface area contributed by atoms with E-state index in [0.717, 1.165) is 6.42 Å². The van der Waals surface area contributed by atoms with E-state index in [9.17, 15) is 15.0 Å². The standard InChI is InChI=1S/C11H21NO4/c1-11(2,3)16-10(15)12-7-5-4-6-8(13)9(7)14/h7-9,13-14H,4-6H2,1-3H3,(H,12,15)/t7-,8-,9+/m0/s1. The van der Waals surface area contributed by atoms with Gasteiger partial charge in [-0.2, -0.15) is 0 Å². The monoisotopic (exact) mass is 231 g/mol. The fraction of sp³-hybridized carbons (Fsp3) is 0.909. The molecular formula is C11H21NO4. The minimum Gasteiger partial charge on any atom is -0.444 e. The lowest BCUT2D eigenvalue weighted by Crippen LogP contribution is -2.51. The number of carbonyl (C=O) groups is 1. The maximum absolute atomic E-state index is 11.5. The summed E-state index contributed by atoms with van der Waals surface area (Å²) in [7, 11) is 0. The van der Waals surface area contributed by atoms with E-state index < -0.39 is 29.9 Å². The number of alkyl carbamates (subject to hydrolysis) is 1. The third-order valence-corrected chi connectivity index (χ3v) is 2.52. The zero-order valence-corrected chi connectivity index (χ0v) is 10.1. The molecule has 0 heterocycles. The first kappa shape index (κ1) is 13.3. The lowest BCUT2D eigenvalue weighted by Gasteiger charge is -2.32. The average molecular weight is 231 g/mol. The lowest BCUT2D eigenvalue weighted by molar-refractivity contribution is -0.0321. The molecule has 1 aliphatic rings. The number of hydrogen-bond donors (Lipinski definition) is 3. The molecule has 0 aromatic carbocycles. The molecule has 94 valence electrons. The van der Waals surface area contributed by atoms with E-state index in [4.69, 9.17) is 4.74 Å². The van der Waals surface area contributed by atoms with Crippen molar-refractivity contribution in [3.8, 4) is 0 Å². The van der Waals surface area contributed by atoms with Gasteiger partial charge in [0.2, 0.25) is 0 Å². The number of amides is 1. The van der Waals surface area contributed by atoms with Crippen LogP contribution in [0.15, 0.2) is 0 Å². The highest BCUT2D eigenvalue weighted by Gasteiger charge is 2.32. The van der Waals surface area contributed by atoms with Crippen molar-refractivity contribution < 1.29 is 19.7 Å². The zero-order chi connectivity index (χ0) is 12.3. The summed E-state index contributed by atoms with van der Waals surface area (Å²) in [5.74, 6) is 0. The molecule has 5 heteroatoms. The van der Waals surface area contributed by atoms with Gasteiger partial charge in [0.25, 0.3) is 0 Å². The molecule has 0 unspecified atom stereocenters. The normalized spacial score (nSPS) is 30.9. The zero-order valence-electron chi connectivity index (χ0n) is 10.1. The van der Waals surface area contributed by atoms with E-state index in [1.807, 2.05) is 0 Å². The smallest absolute Gasteiger partial charge is 0.407 e. The highest BCUT2D eigenvalue weighted by atomic mass is 16.6. The molecular weight excluding hydrogens is 210 g/mol. The van der Waals surface area contributed by atoms with Crippen LogP contribution in [0.3, 0.4) is 0 Å². The molecule has 1 saturated carbocycles. The quantitative estimate of drug-likeness (QED) is 0.623. The second-order valence-corrected chi connectivity index (χ2v) is 5.24. The number of hydrogen-bond acceptors (Lipinski definition) is 4. The number of rotatable bonds is 1. The summed E-state index contributed by atoms with van der Waals surface area (Å²) in [6.07, 6.45) is -0.176. The van der Waals surface area contributed by atoms with Crippen LogP contribution in [0.1, 0.15) is 40.0 Å². The Morgan fingerprint density at radius 2 is 1.94 bits per heavy atom. The molecule has 1 aliphatic carbocycles. The van der Waals surface area contributed by atoms with Crippen molar-refractivity contribution >= 4 is 6.09 Å². The molecule has 0 bridgehead atoms. The van der Waals surface area contributed by atoms with Gasteiger partial charge < -0.3 is 20.3 Å². The number of aliphatic hydroxyl groups is 2. The Balaban J connectivity index is 2.44. The van der Waals surface area contributed by atoms with E-state index in [-0.39, 0.29) is 0 Å². The van der Waals surface area contributed by atoms with Crippen LogP contribution in [0.5, 0.6) is 0 Å². The van der Waals surface area contributed by atoms with Crippen molar-refractivity contribution in [2.24, 2.45) is 0 Å². The van der Waals surface area contributed by atoms with Crippen molar-refractivity contribution in [2.75, 3.05) is 0 Å². The fourth-order valence-electron chi connectivity index (χ4n) is 1.77.